The second kappa shape index (κ2) is 6.37. The predicted molar refractivity (Wildman–Crippen MR) is 84.0 cm³/mol. The molecule has 0 saturated carbocycles. The summed E-state index contributed by atoms with van der Waals surface area (Å²) in [7, 11) is 1.21. The van der Waals surface area contributed by atoms with E-state index in [2.05, 4.69) is 9.72 Å². The van der Waals surface area contributed by atoms with Gasteiger partial charge < -0.3 is 13.9 Å². The second-order valence-electron chi connectivity index (χ2n) is 4.92. The van der Waals surface area contributed by atoms with Crippen molar-refractivity contribution in [2.45, 2.75) is 6.61 Å². The maximum atomic E-state index is 11.5. The molecule has 0 N–H and O–H groups in total. The zero-order valence-electron chi connectivity index (χ0n) is 12.7. The summed E-state index contributed by atoms with van der Waals surface area (Å²) in [6, 6.07) is 9.50. The van der Waals surface area contributed by atoms with E-state index in [1.54, 1.807) is 6.20 Å². The number of imidazole rings is 1. The van der Waals surface area contributed by atoms with Gasteiger partial charge in [-0.1, -0.05) is 6.07 Å². The minimum Gasteiger partial charge on any atom is -0.480 e. The van der Waals surface area contributed by atoms with Crippen molar-refractivity contribution in [1.82, 2.24) is 9.38 Å². The zero-order valence-corrected chi connectivity index (χ0v) is 12.7. The topological polar surface area (TPSA) is 96.0 Å². The van der Waals surface area contributed by atoms with Crippen LogP contribution in [0.25, 0.3) is 5.65 Å². The van der Waals surface area contributed by atoms with Gasteiger partial charge in [-0.15, -0.1) is 0 Å². The molecule has 122 valence electrons. The third kappa shape index (κ3) is 3.02. The van der Waals surface area contributed by atoms with Crippen molar-refractivity contribution in [3.63, 3.8) is 0 Å². The number of nitro benzene ring substituents is 1. The SMILES string of the molecule is COC(=O)c1ccc(OCc2cn3ccccc3n2)c([N+](=O)[O-])c1. The van der Waals surface area contributed by atoms with Gasteiger partial charge in [0.15, 0.2) is 5.75 Å². The average molecular weight is 327 g/mol. The Kier molecular flexibility index (Phi) is 4.11. The summed E-state index contributed by atoms with van der Waals surface area (Å²) < 4.78 is 11.9. The Bertz CT molecular complexity index is 886. The highest BCUT2D eigenvalue weighted by molar-refractivity contribution is 5.90. The number of fused-ring (bicyclic) bond motifs is 1. The molecule has 0 aliphatic carbocycles. The van der Waals surface area contributed by atoms with E-state index in [0.717, 1.165) is 11.7 Å². The number of nitrogens with zero attached hydrogens (tertiary/aromatic N) is 3. The molecule has 0 amide bonds. The second-order valence-corrected chi connectivity index (χ2v) is 4.92. The van der Waals surface area contributed by atoms with E-state index in [1.165, 1.54) is 19.2 Å². The van der Waals surface area contributed by atoms with Crippen molar-refractivity contribution in [2.24, 2.45) is 0 Å². The molecule has 0 fully saturated rings. The van der Waals surface area contributed by atoms with Gasteiger partial charge in [0.1, 0.15) is 12.3 Å². The van der Waals surface area contributed by atoms with Crippen LogP contribution in [0.15, 0.2) is 48.8 Å². The van der Waals surface area contributed by atoms with Gasteiger partial charge in [-0.05, 0) is 24.3 Å². The highest BCUT2D eigenvalue weighted by Gasteiger charge is 2.19. The fraction of sp³-hybridized carbons (Fsp3) is 0.125. The number of ether oxygens (including phenoxy) is 2. The normalized spacial score (nSPS) is 10.5. The molecule has 1 aromatic carbocycles. The maximum absolute atomic E-state index is 11.5. The Morgan fingerprint density at radius 3 is 2.88 bits per heavy atom. The van der Waals surface area contributed by atoms with Gasteiger partial charge >= 0.3 is 11.7 Å². The van der Waals surface area contributed by atoms with Crippen LogP contribution in [0.3, 0.4) is 0 Å². The quantitative estimate of drug-likeness (QED) is 0.406. The fourth-order valence-corrected chi connectivity index (χ4v) is 2.24. The summed E-state index contributed by atoms with van der Waals surface area (Å²) in [6.07, 6.45) is 3.63. The van der Waals surface area contributed by atoms with Gasteiger partial charge in [-0.3, -0.25) is 10.1 Å². The number of nitro groups is 1. The molecule has 3 rings (SSSR count). The average Bonchev–Trinajstić information content (AvgIpc) is 3.02. The Morgan fingerprint density at radius 2 is 2.17 bits per heavy atom. The van der Waals surface area contributed by atoms with Crippen LogP contribution in [-0.4, -0.2) is 27.4 Å². The molecular weight excluding hydrogens is 314 g/mol. The monoisotopic (exact) mass is 327 g/mol. The van der Waals surface area contributed by atoms with E-state index in [1.807, 2.05) is 28.8 Å². The van der Waals surface area contributed by atoms with Gasteiger partial charge in [-0.2, -0.15) is 0 Å². The minimum absolute atomic E-state index is 0.0599. The summed E-state index contributed by atoms with van der Waals surface area (Å²) in [4.78, 5) is 26.4. The molecule has 0 saturated heterocycles. The van der Waals surface area contributed by atoms with Gasteiger partial charge in [0.05, 0.1) is 23.3 Å². The summed E-state index contributed by atoms with van der Waals surface area (Å²) in [6.45, 7) is 0.0695. The molecule has 0 aliphatic rings. The smallest absolute Gasteiger partial charge is 0.338 e. The number of rotatable bonds is 5. The Hall–Kier alpha value is -3.42. The van der Waals surface area contributed by atoms with Crippen molar-refractivity contribution in [3.8, 4) is 5.75 Å². The zero-order chi connectivity index (χ0) is 17.1. The van der Waals surface area contributed by atoms with E-state index >= 15 is 0 Å². The fourth-order valence-electron chi connectivity index (χ4n) is 2.24. The van der Waals surface area contributed by atoms with E-state index in [9.17, 15) is 14.9 Å². The summed E-state index contributed by atoms with van der Waals surface area (Å²) in [5.41, 5.74) is 1.17. The first-order valence-corrected chi connectivity index (χ1v) is 7.00. The third-order valence-electron chi connectivity index (χ3n) is 3.37. The first kappa shape index (κ1) is 15.5. The number of hydrogen-bond acceptors (Lipinski definition) is 6. The van der Waals surface area contributed by atoms with Crippen LogP contribution in [0.2, 0.25) is 0 Å². The van der Waals surface area contributed by atoms with Gasteiger partial charge in [0.25, 0.3) is 0 Å². The molecule has 2 heterocycles. The molecule has 3 aromatic rings. The minimum atomic E-state index is -0.648. The summed E-state index contributed by atoms with van der Waals surface area (Å²) >= 11 is 0. The molecule has 2 aromatic heterocycles. The molecule has 0 atom stereocenters. The largest absolute Gasteiger partial charge is 0.480 e. The Balaban J connectivity index is 1.83. The van der Waals surface area contributed by atoms with E-state index in [0.29, 0.717) is 5.69 Å². The lowest BCUT2D eigenvalue weighted by molar-refractivity contribution is -0.386. The lowest BCUT2D eigenvalue weighted by Crippen LogP contribution is -2.04. The first-order chi connectivity index (χ1) is 11.6. The van der Waals surface area contributed by atoms with Gasteiger partial charge in [0, 0.05) is 18.5 Å². The van der Waals surface area contributed by atoms with Crippen molar-refractivity contribution in [2.75, 3.05) is 7.11 Å². The van der Waals surface area contributed by atoms with Crippen LogP contribution >= 0.6 is 0 Å². The first-order valence-electron chi connectivity index (χ1n) is 7.00. The van der Waals surface area contributed by atoms with Crippen LogP contribution in [0, 0.1) is 10.1 Å². The van der Waals surface area contributed by atoms with Crippen LogP contribution in [0.5, 0.6) is 5.75 Å². The van der Waals surface area contributed by atoms with E-state index in [4.69, 9.17) is 4.74 Å². The standard InChI is InChI=1S/C16H13N3O5/c1-23-16(20)11-5-6-14(13(8-11)19(21)22)24-10-12-9-18-7-3-2-4-15(18)17-12/h2-9H,10H2,1H3. The van der Waals surface area contributed by atoms with E-state index in [-0.39, 0.29) is 23.6 Å². The summed E-state index contributed by atoms with van der Waals surface area (Å²) in [5, 5.41) is 11.2. The number of carbonyl (C=O) groups excluding carboxylic acids is 1. The van der Waals surface area contributed by atoms with Crippen molar-refractivity contribution < 1.29 is 19.2 Å². The molecule has 0 bridgehead atoms. The Labute approximate surface area is 136 Å². The number of aromatic nitrogens is 2. The van der Waals surface area contributed by atoms with Crippen LogP contribution in [0.4, 0.5) is 5.69 Å². The maximum Gasteiger partial charge on any atom is 0.338 e. The number of hydrogen-bond donors (Lipinski definition) is 0. The molecule has 8 nitrogen and oxygen atoms in total. The molecule has 8 heteroatoms. The van der Waals surface area contributed by atoms with E-state index < -0.39 is 10.9 Å². The van der Waals surface area contributed by atoms with Crippen LogP contribution < -0.4 is 4.74 Å². The lowest BCUT2D eigenvalue weighted by Gasteiger charge is -2.06. The van der Waals surface area contributed by atoms with Crippen molar-refractivity contribution >= 4 is 17.3 Å². The van der Waals surface area contributed by atoms with Gasteiger partial charge in [-0.25, -0.2) is 9.78 Å². The predicted octanol–water partition coefficient (Wildman–Crippen LogP) is 2.61. The third-order valence-corrected chi connectivity index (χ3v) is 3.37. The molecule has 0 spiro atoms. The molecular formula is C16H13N3O5. The van der Waals surface area contributed by atoms with Crippen molar-refractivity contribution in [1.29, 1.82) is 0 Å². The number of benzene rings is 1. The van der Waals surface area contributed by atoms with Gasteiger partial charge in [0.2, 0.25) is 0 Å². The van der Waals surface area contributed by atoms with Crippen LogP contribution in [0.1, 0.15) is 16.1 Å². The number of esters is 1. The molecule has 24 heavy (non-hydrogen) atoms. The van der Waals surface area contributed by atoms with Crippen molar-refractivity contribution in [3.05, 3.63) is 70.2 Å². The lowest BCUT2D eigenvalue weighted by atomic mass is 10.2. The highest BCUT2D eigenvalue weighted by Crippen LogP contribution is 2.29. The highest BCUT2D eigenvalue weighted by atomic mass is 16.6. The molecule has 0 radical (unpaired) electrons. The number of methoxy groups -OCH3 is 1. The molecule has 0 aliphatic heterocycles. The van der Waals surface area contributed by atoms with Crippen LogP contribution in [-0.2, 0) is 11.3 Å². The molecule has 0 unspecified atom stereocenters. The summed E-state index contributed by atoms with van der Waals surface area (Å²) in [5.74, 6) is -0.588. The Morgan fingerprint density at radius 1 is 1.33 bits per heavy atom. The number of pyridine rings is 1. The number of carbonyl (C=O) groups is 1.